The van der Waals surface area contributed by atoms with E-state index in [9.17, 15) is 18.0 Å². The lowest BCUT2D eigenvalue weighted by Gasteiger charge is -2.09. The minimum Gasteiger partial charge on any atom is -0.478 e. The van der Waals surface area contributed by atoms with Crippen LogP contribution in [0.15, 0.2) is 36.4 Å². The van der Waals surface area contributed by atoms with Crippen LogP contribution in [0.1, 0.15) is 15.9 Å². The SMILES string of the molecule is O=C(O)c1cc(F)c(NCc2cccc(F)c2)c(F)c1. The molecule has 6 heteroatoms. The Kier molecular flexibility index (Phi) is 3.93. The van der Waals surface area contributed by atoms with Crippen LogP contribution in [0, 0.1) is 17.5 Å². The van der Waals surface area contributed by atoms with Crippen molar-refractivity contribution in [2.75, 3.05) is 5.32 Å². The van der Waals surface area contributed by atoms with E-state index in [1.165, 1.54) is 18.2 Å². The second-order valence-electron chi connectivity index (χ2n) is 4.10. The summed E-state index contributed by atoms with van der Waals surface area (Å²) in [6.07, 6.45) is 0. The molecule has 2 N–H and O–H groups in total. The van der Waals surface area contributed by atoms with Crippen LogP contribution in [0.5, 0.6) is 0 Å². The van der Waals surface area contributed by atoms with E-state index in [4.69, 9.17) is 5.11 Å². The monoisotopic (exact) mass is 281 g/mol. The smallest absolute Gasteiger partial charge is 0.335 e. The summed E-state index contributed by atoms with van der Waals surface area (Å²) in [5, 5.41) is 11.1. The molecule has 3 nitrogen and oxygen atoms in total. The zero-order valence-electron chi connectivity index (χ0n) is 10.2. The molecule has 0 heterocycles. The van der Waals surface area contributed by atoms with Crippen molar-refractivity contribution >= 4 is 11.7 Å². The first kappa shape index (κ1) is 13.9. The van der Waals surface area contributed by atoms with E-state index >= 15 is 0 Å². The van der Waals surface area contributed by atoms with Crippen molar-refractivity contribution in [1.29, 1.82) is 0 Å². The number of anilines is 1. The van der Waals surface area contributed by atoms with Crippen LogP contribution in [0.25, 0.3) is 0 Å². The summed E-state index contributed by atoms with van der Waals surface area (Å²) in [6.45, 7) is 0.0119. The maximum atomic E-state index is 13.6. The van der Waals surface area contributed by atoms with Crippen molar-refractivity contribution < 1.29 is 23.1 Å². The fourth-order valence-corrected chi connectivity index (χ4v) is 1.70. The summed E-state index contributed by atoms with van der Waals surface area (Å²) in [4.78, 5) is 10.6. The predicted octanol–water partition coefficient (Wildman–Crippen LogP) is 3.41. The van der Waals surface area contributed by atoms with Crippen LogP contribution in [0.3, 0.4) is 0 Å². The van der Waals surface area contributed by atoms with Crippen molar-refractivity contribution in [3.05, 3.63) is 65.0 Å². The van der Waals surface area contributed by atoms with Gasteiger partial charge in [-0.1, -0.05) is 12.1 Å². The number of rotatable bonds is 4. The van der Waals surface area contributed by atoms with E-state index < -0.39 is 34.7 Å². The summed E-state index contributed by atoms with van der Waals surface area (Å²) in [7, 11) is 0. The van der Waals surface area contributed by atoms with Crippen LogP contribution in [0.2, 0.25) is 0 Å². The fourth-order valence-electron chi connectivity index (χ4n) is 1.70. The summed E-state index contributed by atoms with van der Waals surface area (Å²) < 4.78 is 40.2. The quantitative estimate of drug-likeness (QED) is 0.902. The van der Waals surface area contributed by atoms with Gasteiger partial charge in [-0.3, -0.25) is 0 Å². The van der Waals surface area contributed by atoms with E-state index in [0.29, 0.717) is 5.56 Å². The molecule has 0 aliphatic rings. The molecule has 0 amide bonds. The van der Waals surface area contributed by atoms with Crippen molar-refractivity contribution in [3.63, 3.8) is 0 Å². The Hall–Kier alpha value is -2.50. The highest BCUT2D eigenvalue weighted by molar-refractivity contribution is 5.88. The molecule has 2 aromatic rings. The van der Waals surface area contributed by atoms with Gasteiger partial charge in [0.25, 0.3) is 0 Å². The highest BCUT2D eigenvalue weighted by atomic mass is 19.1. The number of hydrogen-bond acceptors (Lipinski definition) is 2. The van der Waals surface area contributed by atoms with Crippen molar-refractivity contribution in [2.24, 2.45) is 0 Å². The second kappa shape index (κ2) is 5.64. The van der Waals surface area contributed by atoms with Crippen LogP contribution >= 0.6 is 0 Å². The van der Waals surface area contributed by atoms with Crippen LogP contribution in [0.4, 0.5) is 18.9 Å². The lowest BCUT2D eigenvalue weighted by Crippen LogP contribution is -2.06. The van der Waals surface area contributed by atoms with Gasteiger partial charge in [-0.2, -0.15) is 0 Å². The van der Waals surface area contributed by atoms with E-state index in [2.05, 4.69) is 5.32 Å². The third-order valence-corrected chi connectivity index (χ3v) is 2.65. The number of carboxylic acid groups (broad SMARTS) is 1. The summed E-state index contributed by atoms with van der Waals surface area (Å²) in [5.74, 6) is -3.90. The van der Waals surface area contributed by atoms with Gasteiger partial charge in [0.05, 0.1) is 5.56 Å². The zero-order valence-corrected chi connectivity index (χ0v) is 10.2. The average Bonchev–Trinajstić information content (AvgIpc) is 2.37. The van der Waals surface area contributed by atoms with Crippen LogP contribution < -0.4 is 5.32 Å². The number of carboxylic acids is 1. The molecule has 0 bridgehead atoms. The molecule has 104 valence electrons. The van der Waals surface area contributed by atoms with Gasteiger partial charge in [-0.05, 0) is 29.8 Å². The van der Waals surface area contributed by atoms with Gasteiger partial charge >= 0.3 is 5.97 Å². The molecule has 2 rings (SSSR count). The standard InChI is InChI=1S/C14H10F3NO2/c15-10-3-1-2-8(4-10)7-18-13-11(16)5-9(14(19)20)6-12(13)17/h1-6,18H,7H2,(H,19,20). The van der Waals surface area contributed by atoms with Gasteiger partial charge in [0.2, 0.25) is 0 Å². The maximum absolute atomic E-state index is 13.6. The Bertz CT molecular complexity index is 636. The van der Waals surface area contributed by atoms with Gasteiger partial charge in [-0.15, -0.1) is 0 Å². The molecule has 0 spiro atoms. The topological polar surface area (TPSA) is 49.3 Å². The molecule has 0 aliphatic heterocycles. The molecular weight excluding hydrogens is 271 g/mol. The van der Waals surface area contributed by atoms with E-state index in [1.54, 1.807) is 6.07 Å². The molecular formula is C14H10F3NO2. The lowest BCUT2D eigenvalue weighted by molar-refractivity contribution is 0.0696. The Balaban J connectivity index is 2.20. The third kappa shape index (κ3) is 3.09. The molecule has 0 aliphatic carbocycles. The van der Waals surface area contributed by atoms with E-state index in [0.717, 1.165) is 12.1 Å². The Morgan fingerprint density at radius 2 is 1.75 bits per heavy atom. The van der Waals surface area contributed by atoms with Gasteiger partial charge < -0.3 is 10.4 Å². The van der Waals surface area contributed by atoms with Crippen molar-refractivity contribution in [1.82, 2.24) is 0 Å². The molecule has 0 unspecified atom stereocenters. The predicted molar refractivity (Wildman–Crippen MR) is 67.0 cm³/mol. The summed E-state index contributed by atoms with van der Waals surface area (Å²) in [6, 6.07) is 7.00. The van der Waals surface area contributed by atoms with Gasteiger partial charge in [-0.25, -0.2) is 18.0 Å². The summed E-state index contributed by atoms with van der Waals surface area (Å²) in [5.41, 5.74) is -0.415. The van der Waals surface area contributed by atoms with Crippen LogP contribution in [-0.2, 0) is 6.54 Å². The molecule has 20 heavy (non-hydrogen) atoms. The lowest BCUT2D eigenvalue weighted by atomic mass is 10.1. The zero-order chi connectivity index (χ0) is 14.7. The molecule has 0 saturated carbocycles. The maximum Gasteiger partial charge on any atom is 0.335 e. The minimum atomic E-state index is -1.42. The van der Waals surface area contributed by atoms with Gasteiger partial charge in [0.1, 0.15) is 23.1 Å². The normalized spacial score (nSPS) is 10.3. The first-order valence-electron chi connectivity index (χ1n) is 5.68. The number of benzene rings is 2. The molecule has 0 aromatic heterocycles. The highest BCUT2D eigenvalue weighted by Crippen LogP contribution is 2.21. The van der Waals surface area contributed by atoms with Crippen molar-refractivity contribution in [3.8, 4) is 0 Å². The number of aromatic carboxylic acids is 1. The first-order chi connectivity index (χ1) is 9.47. The molecule has 0 atom stereocenters. The third-order valence-electron chi connectivity index (χ3n) is 2.65. The van der Waals surface area contributed by atoms with E-state index in [-0.39, 0.29) is 6.54 Å². The number of carbonyl (C=O) groups is 1. The van der Waals surface area contributed by atoms with Crippen LogP contribution in [-0.4, -0.2) is 11.1 Å². The highest BCUT2D eigenvalue weighted by Gasteiger charge is 2.14. The molecule has 2 aromatic carbocycles. The van der Waals surface area contributed by atoms with Gasteiger partial charge in [0, 0.05) is 6.54 Å². The Labute approximate surface area is 112 Å². The Morgan fingerprint density at radius 3 is 2.30 bits per heavy atom. The average molecular weight is 281 g/mol. The van der Waals surface area contributed by atoms with Gasteiger partial charge in [0.15, 0.2) is 0 Å². The Morgan fingerprint density at radius 1 is 1.10 bits per heavy atom. The molecule has 0 fully saturated rings. The fraction of sp³-hybridized carbons (Fsp3) is 0.0714. The van der Waals surface area contributed by atoms with Crippen molar-refractivity contribution in [2.45, 2.75) is 6.54 Å². The number of halogens is 3. The molecule has 0 radical (unpaired) electrons. The summed E-state index contributed by atoms with van der Waals surface area (Å²) >= 11 is 0. The number of hydrogen-bond donors (Lipinski definition) is 2. The molecule has 0 saturated heterocycles. The minimum absolute atomic E-state index is 0.0119. The first-order valence-corrected chi connectivity index (χ1v) is 5.68. The van der Waals surface area contributed by atoms with E-state index in [1.807, 2.05) is 0 Å². The number of nitrogens with one attached hydrogen (secondary N) is 1. The second-order valence-corrected chi connectivity index (χ2v) is 4.10. The largest absolute Gasteiger partial charge is 0.478 e.